The lowest BCUT2D eigenvalue weighted by molar-refractivity contribution is -0.137. The molecule has 0 spiro atoms. The summed E-state index contributed by atoms with van der Waals surface area (Å²) in [5.41, 5.74) is 1.78. The molecule has 0 aliphatic rings. The highest BCUT2D eigenvalue weighted by Crippen LogP contribution is 2.16. The largest absolute Gasteiger partial charge is 0.492 e. The average Bonchev–Trinajstić information content (AvgIpc) is 2.44. The first kappa shape index (κ1) is 20.0. The van der Waals surface area contributed by atoms with Gasteiger partial charge in [-0.15, -0.1) is 0 Å². The van der Waals surface area contributed by atoms with Gasteiger partial charge in [0.25, 0.3) is 0 Å². The molecule has 5 nitrogen and oxygen atoms in total. The molecule has 1 aromatic carbocycles. The summed E-state index contributed by atoms with van der Waals surface area (Å²) in [6, 6.07) is 5.48. The molecule has 0 aromatic heterocycles. The van der Waals surface area contributed by atoms with E-state index in [9.17, 15) is 9.59 Å². The fourth-order valence-electron chi connectivity index (χ4n) is 2.23. The second kappa shape index (κ2) is 8.18. The minimum Gasteiger partial charge on any atom is -0.492 e. The van der Waals surface area contributed by atoms with Crippen molar-refractivity contribution in [3.05, 3.63) is 29.3 Å². The van der Waals surface area contributed by atoms with Crippen LogP contribution in [0.5, 0.6) is 5.75 Å². The van der Waals surface area contributed by atoms with Crippen LogP contribution in [0.4, 0.5) is 0 Å². The Balaban J connectivity index is 2.47. The second-order valence-corrected chi connectivity index (χ2v) is 7.38. The summed E-state index contributed by atoms with van der Waals surface area (Å²) in [6.45, 7) is 12.1. The van der Waals surface area contributed by atoms with Crippen LogP contribution in [-0.2, 0) is 9.59 Å². The van der Waals surface area contributed by atoms with Gasteiger partial charge in [0, 0.05) is 12.5 Å². The van der Waals surface area contributed by atoms with Crippen LogP contribution in [-0.4, -0.2) is 43.0 Å². The van der Waals surface area contributed by atoms with E-state index in [1.807, 2.05) is 46.8 Å². The Bertz CT molecular complexity index is 571. The lowest BCUT2D eigenvalue weighted by Crippen LogP contribution is -2.49. The van der Waals surface area contributed by atoms with Gasteiger partial charge in [-0.3, -0.25) is 9.59 Å². The summed E-state index contributed by atoms with van der Waals surface area (Å²) in [4.78, 5) is 25.8. The predicted molar refractivity (Wildman–Crippen MR) is 96.1 cm³/mol. The van der Waals surface area contributed by atoms with Crippen LogP contribution in [0.15, 0.2) is 18.2 Å². The Kier molecular flexibility index (Phi) is 6.81. The number of amides is 2. The summed E-state index contributed by atoms with van der Waals surface area (Å²) in [5.74, 6) is 0.544. The van der Waals surface area contributed by atoms with Crippen LogP contribution in [0.25, 0.3) is 0 Å². The van der Waals surface area contributed by atoms with Crippen molar-refractivity contribution in [3.8, 4) is 5.75 Å². The van der Waals surface area contributed by atoms with Gasteiger partial charge in [-0.25, -0.2) is 0 Å². The number of carbonyl (C=O) groups excluding carboxylic acids is 2. The van der Waals surface area contributed by atoms with E-state index in [4.69, 9.17) is 4.74 Å². The number of hydrogen-bond donors (Lipinski definition) is 1. The lowest BCUT2D eigenvalue weighted by Gasteiger charge is -2.25. The molecular formula is C19H30N2O3. The number of benzene rings is 1. The SMILES string of the molecule is Cc1cc(C)cc(OCCN(C)C(=O)C(C)NC(=O)C(C)(C)C)c1. The molecule has 5 heteroatoms. The van der Waals surface area contributed by atoms with Crippen molar-refractivity contribution in [1.82, 2.24) is 10.2 Å². The summed E-state index contributed by atoms with van der Waals surface area (Å²) in [6.07, 6.45) is 0. The van der Waals surface area contributed by atoms with Gasteiger partial charge in [0.1, 0.15) is 18.4 Å². The lowest BCUT2D eigenvalue weighted by atomic mass is 9.95. The summed E-state index contributed by atoms with van der Waals surface area (Å²) >= 11 is 0. The van der Waals surface area contributed by atoms with Crippen molar-refractivity contribution in [2.75, 3.05) is 20.2 Å². The number of aryl methyl sites for hydroxylation is 2. The maximum Gasteiger partial charge on any atom is 0.244 e. The van der Waals surface area contributed by atoms with E-state index in [1.54, 1.807) is 18.9 Å². The van der Waals surface area contributed by atoms with Crippen LogP contribution in [0, 0.1) is 19.3 Å². The molecule has 1 atom stereocenters. The Morgan fingerprint density at radius 2 is 1.71 bits per heavy atom. The molecular weight excluding hydrogens is 304 g/mol. The minimum atomic E-state index is -0.553. The number of hydrogen-bond acceptors (Lipinski definition) is 3. The Morgan fingerprint density at radius 1 is 1.17 bits per heavy atom. The molecule has 0 radical (unpaired) electrons. The fraction of sp³-hybridized carbons (Fsp3) is 0.579. The maximum absolute atomic E-state index is 12.3. The van der Waals surface area contributed by atoms with Gasteiger partial charge < -0.3 is 15.0 Å². The van der Waals surface area contributed by atoms with Crippen LogP contribution in [0.1, 0.15) is 38.8 Å². The van der Waals surface area contributed by atoms with Gasteiger partial charge in [-0.05, 0) is 44.0 Å². The fourth-order valence-corrected chi connectivity index (χ4v) is 2.23. The van der Waals surface area contributed by atoms with Crippen LogP contribution in [0.3, 0.4) is 0 Å². The van der Waals surface area contributed by atoms with E-state index in [0.29, 0.717) is 13.2 Å². The van der Waals surface area contributed by atoms with Crippen LogP contribution < -0.4 is 10.1 Å². The molecule has 134 valence electrons. The third kappa shape index (κ3) is 6.22. The van der Waals surface area contributed by atoms with E-state index in [1.165, 1.54) is 0 Å². The van der Waals surface area contributed by atoms with E-state index in [-0.39, 0.29) is 11.8 Å². The van der Waals surface area contributed by atoms with Gasteiger partial charge in [-0.2, -0.15) is 0 Å². The number of nitrogens with zero attached hydrogens (tertiary/aromatic N) is 1. The molecule has 0 aliphatic carbocycles. The average molecular weight is 334 g/mol. The highest BCUT2D eigenvalue weighted by Gasteiger charge is 2.26. The van der Waals surface area contributed by atoms with Gasteiger partial charge in [0.15, 0.2) is 0 Å². The summed E-state index contributed by atoms with van der Waals surface area (Å²) < 4.78 is 5.72. The molecule has 0 bridgehead atoms. The van der Waals surface area contributed by atoms with Gasteiger partial charge in [-0.1, -0.05) is 26.8 Å². The zero-order valence-corrected chi connectivity index (χ0v) is 15.9. The standard InChI is InChI=1S/C19H30N2O3/c1-13-10-14(2)12-16(11-13)24-9-8-21(7)17(22)15(3)20-18(23)19(4,5)6/h10-12,15H,8-9H2,1-7H3,(H,20,23). The normalized spacial score (nSPS) is 12.5. The Labute approximate surface area is 145 Å². The summed E-state index contributed by atoms with van der Waals surface area (Å²) in [7, 11) is 1.72. The topological polar surface area (TPSA) is 58.6 Å². The molecule has 24 heavy (non-hydrogen) atoms. The minimum absolute atomic E-state index is 0.128. The third-order valence-corrected chi connectivity index (χ3v) is 3.67. The summed E-state index contributed by atoms with van der Waals surface area (Å²) in [5, 5.41) is 2.75. The van der Waals surface area contributed by atoms with Gasteiger partial charge in [0.2, 0.25) is 11.8 Å². The smallest absolute Gasteiger partial charge is 0.244 e. The molecule has 0 saturated heterocycles. The monoisotopic (exact) mass is 334 g/mol. The Morgan fingerprint density at radius 3 is 2.21 bits per heavy atom. The van der Waals surface area contributed by atoms with E-state index < -0.39 is 11.5 Å². The second-order valence-electron chi connectivity index (χ2n) is 7.38. The number of nitrogens with one attached hydrogen (secondary N) is 1. The molecule has 2 amide bonds. The van der Waals surface area contributed by atoms with Crippen molar-refractivity contribution in [3.63, 3.8) is 0 Å². The maximum atomic E-state index is 12.3. The van der Waals surface area contributed by atoms with Crippen molar-refractivity contribution < 1.29 is 14.3 Å². The molecule has 0 heterocycles. The first-order valence-corrected chi connectivity index (χ1v) is 8.27. The molecule has 1 N–H and O–H groups in total. The van der Waals surface area contributed by atoms with E-state index in [2.05, 4.69) is 11.4 Å². The highest BCUT2D eigenvalue weighted by molar-refractivity contribution is 5.89. The number of carbonyl (C=O) groups is 2. The number of ether oxygens (including phenoxy) is 1. The van der Waals surface area contributed by atoms with Crippen molar-refractivity contribution in [1.29, 1.82) is 0 Å². The quantitative estimate of drug-likeness (QED) is 0.870. The molecule has 0 saturated carbocycles. The third-order valence-electron chi connectivity index (χ3n) is 3.67. The zero-order valence-electron chi connectivity index (χ0n) is 15.9. The number of likely N-dealkylation sites (N-methyl/N-ethyl adjacent to an activating group) is 1. The van der Waals surface area contributed by atoms with Crippen molar-refractivity contribution >= 4 is 11.8 Å². The first-order chi connectivity index (χ1) is 11.0. The Hall–Kier alpha value is -2.04. The van der Waals surface area contributed by atoms with Crippen molar-refractivity contribution in [2.24, 2.45) is 5.41 Å². The van der Waals surface area contributed by atoms with Crippen LogP contribution >= 0.6 is 0 Å². The zero-order chi connectivity index (χ0) is 18.5. The van der Waals surface area contributed by atoms with E-state index in [0.717, 1.165) is 16.9 Å². The van der Waals surface area contributed by atoms with Crippen LogP contribution in [0.2, 0.25) is 0 Å². The molecule has 1 aromatic rings. The van der Waals surface area contributed by atoms with E-state index >= 15 is 0 Å². The number of rotatable bonds is 6. The van der Waals surface area contributed by atoms with Crippen molar-refractivity contribution in [2.45, 2.75) is 47.6 Å². The molecule has 1 rings (SSSR count). The predicted octanol–water partition coefficient (Wildman–Crippen LogP) is 2.69. The molecule has 0 fully saturated rings. The first-order valence-electron chi connectivity index (χ1n) is 8.27. The van der Waals surface area contributed by atoms with Gasteiger partial charge >= 0.3 is 0 Å². The van der Waals surface area contributed by atoms with Gasteiger partial charge in [0.05, 0.1) is 6.54 Å². The molecule has 1 unspecified atom stereocenters. The molecule has 0 aliphatic heterocycles. The highest BCUT2D eigenvalue weighted by atomic mass is 16.5.